The van der Waals surface area contributed by atoms with E-state index in [4.69, 9.17) is 16.3 Å². The molecule has 17 heavy (non-hydrogen) atoms. The summed E-state index contributed by atoms with van der Waals surface area (Å²) in [6.07, 6.45) is 0. The molecule has 0 radical (unpaired) electrons. The summed E-state index contributed by atoms with van der Waals surface area (Å²) < 4.78 is 5.16. The maximum atomic E-state index is 11.3. The largest absolute Gasteiger partial charge is 0.484 e. The van der Waals surface area contributed by atoms with Gasteiger partial charge >= 0.3 is 0 Å². The van der Waals surface area contributed by atoms with E-state index in [2.05, 4.69) is 0 Å². The molecule has 1 aromatic carbocycles. The molecule has 1 aromatic rings. The Balaban J connectivity index is 2.80. The quantitative estimate of drug-likeness (QED) is 0.601. The number of nitrogens with zero attached hydrogens (tertiary/aromatic N) is 1. The number of non-ortho nitro benzene ring substituents is 1. The summed E-state index contributed by atoms with van der Waals surface area (Å²) >= 11 is 5.81. The number of hydrogen-bond acceptors (Lipinski definition) is 4. The second-order valence-corrected chi connectivity index (χ2v) is 4.19. The van der Waals surface area contributed by atoms with E-state index in [0.717, 1.165) is 0 Å². The molecule has 0 saturated heterocycles. The third-order valence-corrected chi connectivity index (χ3v) is 2.45. The van der Waals surface area contributed by atoms with Crippen molar-refractivity contribution in [1.29, 1.82) is 0 Å². The number of hydrogen-bond donors (Lipinski definition) is 0. The zero-order chi connectivity index (χ0) is 13.0. The van der Waals surface area contributed by atoms with Gasteiger partial charge in [-0.1, -0.05) is 25.4 Å². The molecule has 92 valence electrons. The molecule has 0 spiro atoms. The molecule has 1 rings (SSSR count). The van der Waals surface area contributed by atoms with Crippen molar-refractivity contribution in [3.8, 4) is 5.75 Å². The van der Waals surface area contributed by atoms with Gasteiger partial charge in [0, 0.05) is 12.0 Å². The van der Waals surface area contributed by atoms with E-state index in [0.29, 0.717) is 0 Å². The van der Waals surface area contributed by atoms with E-state index in [-0.39, 0.29) is 34.8 Å². The van der Waals surface area contributed by atoms with E-state index in [1.165, 1.54) is 18.2 Å². The number of halogens is 1. The molecule has 0 aliphatic rings. The van der Waals surface area contributed by atoms with Crippen LogP contribution >= 0.6 is 11.6 Å². The zero-order valence-corrected chi connectivity index (χ0v) is 10.2. The predicted octanol–water partition coefficient (Wildman–Crippen LogP) is 2.85. The lowest BCUT2D eigenvalue weighted by Gasteiger charge is -2.08. The van der Waals surface area contributed by atoms with Crippen molar-refractivity contribution >= 4 is 23.1 Å². The van der Waals surface area contributed by atoms with Gasteiger partial charge < -0.3 is 4.74 Å². The summed E-state index contributed by atoms with van der Waals surface area (Å²) in [6, 6.07) is 3.85. The minimum atomic E-state index is -0.548. The van der Waals surface area contributed by atoms with Crippen LogP contribution in [0.1, 0.15) is 13.8 Å². The van der Waals surface area contributed by atoms with Crippen LogP contribution in [0.15, 0.2) is 18.2 Å². The number of benzene rings is 1. The van der Waals surface area contributed by atoms with Crippen LogP contribution < -0.4 is 4.74 Å². The standard InChI is InChI=1S/C11H12ClNO4/c1-7(2)10(14)6-17-11-5-8(13(15)16)3-4-9(11)12/h3-5,7H,6H2,1-2H3. The minimum Gasteiger partial charge on any atom is -0.484 e. The molecule has 0 aromatic heterocycles. The van der Waals surface area contributed by atoms with Gasteiger partial charge in [0.05, 0.1) is 16.0 Å². The number of rotatable bonds is 5. The Morgan fingerprint density at radius 3 is 2.71 bits per heavy atom. The summed E-state index contributed by atoms with van der Waals surface area (Å²) in [6.45, 7) is 3.36. The number of nitro benzene ring substituents is 1. The van der Waals surface area contributed by atoms with Gasteiger partial charge in [0.15, 0.2) is 5.78 Å². The molecule has 0 bridgehead atoms. The first-order valence-corrected chi connectivity index (χ1v) is 5.39. The molecule has 6 heteroatoms. The summed E-state index contributed by atoms with van der Waals surface area (Å²) in [5, 5.41) is 10.8. The van der Waals surface area contributed by atoms with Crippen molar-refractivity contribution < 1.29 is 14.5 Å². The van der Waals surface area contributed by atoms with Crippen molar-refractivity contribution in [3.05, 3.63) is 33.3 Å². The Bertz CT molecular complexity index is 445. The van der Waals surface area contributed by atoms with Gasteiger partial charge in [0.25, 0.3) is 5.69 Å². The lowest BCUT2D eigenvalue weighted by molar-refractivity contribution is -0.384. The summed E-state index contributed by atoms with van der Waals surface area (Å²) in [5.41, 5.74) is -0.124. The Morgan fingerprint density at radius 2 is 2.18 bits per heavy atom. The molecular weight excluding hydrogens is 246 g/mol. The van der Waals surface area contributed by atoms with Crippen molar-refractivity contribution in [1.82, 2.24) is 0 Å². The van der Waals surface area contributed by atoms with Crippen LogP contribution in [-0.2, 0) is 4.79 Å². The Kier molecular flexibility index (Phi) is 4.45. The summed E-state index contributed by atoms with van der Waals surface area (Å²) in [5.74, 6) is -0.0880. The molecule has 0 unspecified atom stereocenters. The third-order valence-electron chi connectivity index (χ3n) is 2.14. The first-order chi connectivity index (χ1) is 7.91. The molecular formula is C11H12ClNO4. The molecule has 0 aliphatic carbocycles. The minimum absolute atomic E-state index is 0.0902. The molecule has 5 nitrogen and oxygen atoms in total. The number of ether oxygens (including phenoxy) is 1. The lowest BCUT2D eigenvalue weighted by atomic mass is 10.1. The van der Waals surface area contributed by atoms with Gasteiger partial charge in [0.1, 0.15) is 12.4 Å². The van der Waals surface area contributed by atoms with Gasteiger partial charge in [-0.25, -0.2) is 0 Å². The highest BCUT2D eigenvalue weighted by Gasteiger charge is 2.13. The van der Waals surface area contributed by atoms with E-state index >= 15 is 0 Å². The average molecular weight is 258 g/mol. The fourth-order valence-corrected chi connectivity index (χ4v) is 1.20. The van der Waals surface area contributed by atoms with Crippen LogP contribution in [0.4, 0.5) is 5.69 Å². The van der Waals surface area contributed by atoms with Crippen LogP contribution in [0.5, 0.6) is 5.75 Å². The van der Waals surface area contributed by atoms with E-state index in [1.807, 2.05) is 0 Å². The molecule has 0 aliphatic heterocycles. The third kappa shape index (κ3) is 3.71. The smallest absolute Gasteiger partial charge is 0.273 e. The number of nitro groups is 1. The van der Waals surface area contributed by atoms with Crippen molar-refractivity contribution in [3.63, 3.8) is 0 Å². The predicted molar refractivity (Wildman–Crippen MR) is 63.4 cm³/mol. The molecule has 0 atom stereocenters. The van der Waals surface area contributed by atoms with Gasteiger partial charge in [-0.2, -0.15) is 0 Å². The molecule has 0 fully saturated rings. The van der Waals surface area contributed by atoms with Crippen LogP contribution in [0.25, 0.3) is 0 Å². The van der Waals surface area contributed by atoms with Crippen molar-refractivity contribution in [2.45, 2.75) is 13.8 Å². The fraction of sp³-hybridized carbons (Fsp3) is 0.364. The van der Waals surface area contributed by atoms with Crippen LogP contribution in [0.3, 0.4) is 0 Å². The maximum Gasteiger partial charge on any atom is 0.273 e. The molecule has 0 N–H and O–H groups in total. The summed E-state index contributed by atoms with van der Waals surface area (Å²) in [4.78, 5) is 21.3. The maximum absolute atomic E-state index is 11.3. The molecule has 0 heterocycles. The number of Topliss-reactive ketones (excluding diaryl/α,β-unsaturated/α-hetero) is 1. The molecule has 0 amide bonds. The highest BCUT2D eigenvalue weighted by atomic mass is 35.5. The average Bonchev–Trinajstić information content (AvgIpc) is 2.26. The monoisotopic (exact) mass is 257 g/mol. The van der Waals surface area contributed by atoms with Crippen LogP contribution in [-0.4, -0.2) is 17.3 Å². The van der Waals surface area contributed by atoms with Gasteiger partial charge in [-0.15, -0.1) is 0 Å². The second kappa shape index (κ2) is 5.63. The Labute approximate surface area is 103 Å². The first kappa shape index (κ1) is 13.4. The highest BCUT2D eigenvalue weighted by molar-refractivity contribution is 6.32. The highest BCUT2D eigenvalue weighted by Crippen LogP contribution is 2.28. The van der Waals surface area contributed by atoms with Crippen LogP contribution in [0, 0.1) is 16.0 Å². The SMILES string of the molecule is CC(C)C(=O)COc1cc([N+](=O)[O-])ccc1Cl. The Hall–Kier alpha value is -1.62. The van der Waals surface area contributed by atoms with Crippen molar-refractivity contribution in [2.75, 3.05) is 6.61 Å². The van der Waals surface area contributed by atoms with E-state index < -0.39 is 4.92 Å². The van der Waals surface area contributed by atoms with Crippen LogP contribution in [0.2, 0.25) is 5.02 Å². The van der Waals surface area contributed by atoms with Gasteiger partial charge in [-0.3, -0.25) is 14.9 Å². The molecule has 0 saturated carbocycles. The van der Waals surface area contributed by atoms with E-state index in [9.17, 15) is 14.9 Å². The zero-order valence-electron chi connectivity index (χ0n) is 9.47. The second-order valence-electron chi connectivity index (χ2n) is 3.78. The topological polar surface area (TPSA) is 69.4 Å². The lowest BCUT2D eigenvalue weighted by Crippen LogP contribution is -2.16. The van der Waals surface area contributed by atoms with Gasteiger partial charge in [-0.05, 0) is 6.07 Å². The van der Waals surface area contributed by atoms with E-state index in [1.54, 1.807) is 13.8 Å². The van der Waals surface area contributed by atoms with Crippen molar-refractivity contribution in [2.24, 2.45) is 5.92 Å². The number of carbonyl (C=O) groups is 1. The van der Waals surface area contributed by atoms with Gasteiger partial charge in [0.2, 0.25) is 0 Å². The number of ketones is 1. The number of carbonyl (C=O) groups excluding carboxylic acids is 1. The normalized spacial score (nSPS) is 10.4. The Morgan fingerprint density at radius 1 is 1.53 bits per heavy atom. The first-order valence-electron chi connectivity index (χ1n) is 5.01. The summed E-state index contributed by atoms with van der Waals surface area (Å²) in [7, 11) is 0. The fourth-order valence-electron chi connectivity index (χ4n) is 1.03.